The van der Waals surface area contributed by atoms with Gasteiger partial charge in [0.05, 0.1) is 0 Å². The first-order valence-corrected chi connectivity index (χ1v) is 7.93. The number of ether oxygens (including phenoxy) is 2. The highest BCUT2D eigenvalue weighted by molar-refractivity contribution is 5.53. The van der Waals surface area contributed by atoms with E-state index in [1.165, 1.54) is 12.1 Å². The average Bonchev–Trinajstić information content (AvgIpc) is 2.54. The molecule has 1 aliphatic heterocycles. The smallest absolute Gasteiger partial charge is 0.132 e. The lowest BCUT2D eigenvalue weighted by Crippen LogP contribution is -2.49. The van der Waals surface area contributed by atoms with Crippen LogP contribution < -0.4 is 10.1 Å². The number of rotatable bonds is 4. The molecule has 0 aliphatic carbocycles. The first kappa shape index (κ1) is 16.7. The minimum absolute atomic E-state index is 0.252. The van der Waals surface area contributed by atoms with Crippen LogP contribution in [0.15, 0.2) is 42.5 Å². The molecule has 5 heteroatoms. The molecule has 0 spiro atoms. The van der Waals surface area contributed by atoms with Crippen LogP contribution in [0, 0.1) is 5.82 Å². The Kier molecular flexibility index (Phi) is 4.47. The van der Waals surface area contributed by atoms with Gasteiger partial charge in [-0.25, -0.2) is 4.39 Å². The van der Waals surface area contributed by atoms with Gasteiger partial charge < -0.3 is 19.9 Å². The molecule has 128 valence electrons. The van der Waals surface area contributed by atoms with Gasteiger partial charge in [0.1, 0.15) is 29.4 Å². The summed E-state index contributed by atoms with van der Waals surface area (Å²) in [5, 5.41) is 13.7. The van der Waals surface area contributed by atoms with Crippen molar-refractivity contribution < 1.29 is 19.0 Å². The summed E-state index contributed by atoms with van der Waals surface area (Å²) in [7, 11) is 1.58. The average molecular weight is 331 g/mol. The van der Waals surface area contributed by atoms with E-state index in [2.05, 4.69) is 5.32 Å². The molecule has 1 heterocycles. The predicted molar refractivity (Wildman–Crippen MR) is 90.6 cm³/mol. The monoisotopic (exact) mass is 331 g/mol. The molecule has 0 saturated heterocycles. The molecule has 1 aliphatic rings. The number of fused-ring (bicyclic) bond motifs is 1. The Balaban J connectivity index is 1.82. The quantitative estimate of drug-likeness (QED) is 0.898. The molecule has 0 radical (unpaired) electrons. The van der Waals surface area contributed by atoms with Crippen LogP contribution in [0.4, 0.5) is 10.1 Å². The molecule has 0 amide bonds. The van der Waals surface area contributed by atoms with Crippen LogP contribution in [0.25, 0.3) is 0 Å². The van der Waals surface area contributed by atoms with Gasteiger partial charge >= 0.3 is 0 Å². The van der Waals surface area contributed by atoms with Crippen LogP contribution in [0.1, 0.15) is 31.1 Å². The molecule has 0 fully saturated rings. The minimum Gasteiger partial charge on any atom is -0.485 e. The maximum atomic E-state index is 13.2. The van der Waals surface area contributed by atoms with Crippen LogP contribution in [0.5, 0.6) is 5.75 Å². The molecule has 2 atom stereocenters. The van der Waals surface area contributed by atoms with E-state index in [0.29, 0.717) is 12.3 Å². The number of methoxy groups -OCH3 is 1. The Morgan fingerprint density at radius 1 is 1.25 bits per heavy atom. The lowest BCUT2D eigenvalue weighted by molar-refractivity contribution is -0.124. The second-order valence-corrected chi connectivity index (χ2v) is 6.54. The molecule has 24 heavy (non-hydrogen) atoms. The van der Waals surface area contributed by atoms with Crippen molar-refractivity contribution in [2.24, 2.45) is 0 Å². The number of anilines is 1. The Hall–Kier alpha value is -2.11. The summed E-state index contributed by atoms with van der Waals surface area (Å²) in [5.41, 5.74) is 1.79. The molecule has 2 N–H and O–H groups in total. The van der Waals surface area contributed by atoms with E-state index in [1.807, 2.05) is 38.1 Å². The summed E-state index contributed by atoms with van der Waals surface area (Å²) in [6.07, 6.45) is -1.23. The van der Waals surface area contributed by atoms with E-state index in [-0.39, 0.29) is 5.82 Å². The molecule has 0 bridgehead atoms. The first-order valence-electron chi connectivity index (χ1n) is 7.93. The predicted octanol–water partition coefficient (Wildman–Crippen LogP) is 3.66. The number of aliphatic hydroxyl groups is 1. The Labute approximate surface area is 141 Å². The van der Waals surface area contributed by atoms with Crippen molar-refractivity contribution in [2.75, 3.05) is 12.4 Å². The van der Waals surface area contributed by atoms with Crippen molar-refractivity contribution in [3.8, 4) is 5.75 Å². The van der Waals surface area contributed by atoms with E-state index in [9.17, 15) is 9.50 Å². The molecule has 4 nitrogen and oxygen atoms in total. The van der Waals surface area contributed by atoms with Crippen LogP contribution in [0.2, 0.25) is 0 Å². The van der Waals surface area contributed by atoms with Crippen molar-refractivity contribution in [1.82, 2.24) is 0 Å². The van der Waals surface area contributed by atoms with Gasteiger partial charge in [-0.3, -0.25) is 0 Å². The molecule has 2 aromatic rings. The third-order valence-electron chi connectivity index (χ3n) is 4.33. The van der Waals surface area contributed by atoms with Crippen molar-refractivity contribution in [3.63, 3.8) is 0 Å². The normalized spacial score (nSPS) is 21.7. The summed E-state index contributed by atoms with van der Waals surface area (Å²) < 4.78 is 24.6. The molecule has 0 aromatic heterocycles. The SMILES string of the molecule is CO[C@@H]1c2cc(NCc3cccc(F)c3)ccc2OC(C)(C)[C@H]1O. The molecular weight excluding hydrogens is 309 g/mol. The van der Waals surface area contributed by atoms with Gasteiger partial charge in [0.2, 0.25) is 0 Å². The highest BCUT2D eigenvalue weighted by Gasteiger charge is 2.43. The van der Waals surface area contributed by atoms with Crippen molar-refractivity contribution in [2.45, 2.75) is 38.2 Å². The Bertz CT molecular complexity index is 732. The third-order valence-corrected chi connectivity index (χ3v) is 4.33. The fourth-order valence-electron chi connectivity index (χ4n) is 2.96. The van der Waals surface area contributed by atoms with Crippen molar-refractivity contribution >= 4 is 5.69 Å². The lowest BCUT2D eigenvalue weighted by Gasteiger charge is -2.41. The van der Waals surface area contributed by atoms with Gasteiger partial charge in [-0.05, 0) is 49.7 Å². The van der Waals surface area contributed by atoms with Gasteiger partial charge in [0, 0.05) is 24.9 Å². The Morgan fingerprint density at radius 3 is 2.75 bits per heavy atom. The molecular formula is C19H22FNO3. The summed E-state index contributed by atoms with van der Waals surface area (Å²) in [5.74, 6) is 0.450. The van der Waals surface area contributed by atoms with Crippen molar-refractivity contribution in [3.05, 3.63) is 59.4 Å². The van der Waals surface area contributed by atoms with Crippen molar-refractivity contribution in [1.29, 1.82) is 0 Å². The highest BCUT2D eigenvalue weighted by atomic mass is 19.1. The number of aliphatic hydroxyl groups excluding tert-OH is 1. The first-order chi connectivity index (χ1) is 11.4. The second-order valence-electron chi connectivity index (χ2n) is 6.54. The lowest BCUT2D eigenvalue weighted by atomic mass is 9.88. The van der Waals surface area contributed by atoms with E-state index in [4.69, 9.17) is 9.47 Å². The number of halogens is 1. The number of hydrogen-bond donors (Lipinski definition) is 2. The van der Waals surface area contributed by atoms with Crippen LogP contribution in [-0.2, 0) is 11.3 Å². The highest BCUT2D eigenvalue weighted by Crippen LogP contribution is 2.42. The van der Waals surface area contributed by atoms with E-state index in [1.54, 1.807) is 13.2 Å². The zero-order chi connectivity index (χ0) is 17.3. The van der Waals surface area contributed by atoms with Gasteiger partial charge in [0.15, 0.2) is 0 Å². The zero-order valence-corrected chi connectivity index (χ0v) is 14.0. The Morgan fingerprint density at radius 2 is 2.04 bits per heavy atom. The largest absolute Gasteiger partial charge is 0.485 e. The van der Waals surface area contributed by atoms with E-state index >= 15 is 0 Å². The standard InChI is InChI=1S/C19H22FNO3/c1-19(2)18(22)17(23-3)15-10-14(7-8-16(15)24-19)21-11-12-5-4-6-13(20)9-12/h4-10,17-18,21-22H,11H2,1-3H3/t17-,18+/m1/s1. The summed E-state index contributed by atoms with van der Waals surface area (Å²) in [6, 6.07) is 12.1. The van der Waals surface area contributed by atoms with Gasteiger partial charge in [-0.2, -0.15) is 0 Å². The summed E-state index contributed by atoms with van der Waals surface area (Å²) >= 11 is 0. The summed E-state index contributed by atoms with van der Waals surface area (Å²) in [6.45, 7) is 4.18. The van der Waals surface area contributed by atoms with Gasteiger partial charge in [-0.1, -0.05) is 12.1 Å². The van der Waals surface area contributed by atoms with E-state index in [0.717, 1.165) is 16.8 Å². The minimum atomic E-state index is -0.770. The fourth-order valence-corrected chi connectivity index (χ4v) is 2.96. The maximum absolute atomic E-state index is 13.2. The van der Waals surface area contributed by atoms with Crippen LogP contribution in [-0.4, -0.2) is 23.9 Å². The zero-order valence-electron chi connectivity index (χ0n) is 14.0. The van der Waals surface area contributed by atoms with Gasteiger partial charge in [-0.15, -0.1) is 0 Å². The van der Waals surface area contributed by atoms with E-state index < -0.39 is 17.8 Å². The number of hydrogen-bond acceptors (Lipinski definition) is 4. The maximum Gasteiger partial charge on any atom is 0.132 e. The number of benzene rings is 2. The third kappa shape index (κ3) is 3.23. The number of nitrogens with one attached hydrogen (secondary N) is 1. The molecule has 0 unspecified atom stereocenters. The second kappa shape index (κ2) is 6.42. The summed E-state index contributed by atoms with van der Waals surface area (Å²) in [4.78, 5) is 0. The van der Waals surface area contributed by atoms with Crippen LogP contribution >= 0.6 is 0 Å². The fraction of sp³-hybridized carbons (Fsp3) is 0.368. The molecule has 2 aromatic carbocycles. The van der Waals surface area contributed by atoms with Gasteiger partial charge in [0.25, 0.3) is 0 Å². The molecule has 3 rings (SSSR count). The topological polar surface area (TPSA) is 50.7 Å². The molecule has 0 saturated carbocycles. The van der Waals surface area contributed by atoms with Crippen LogP contribution in [0.3, 0.4) is 0 Å².